The molecule has 5 nitrogen and oxygen atoms in total. The van der Waals surface area contributed by atoms with Gasteiger partial charge in [-0.3, -0.25) is 0 Å². The molecule has 0 radical (unpaired) electrons. The quantitative estimate of drug-likeness (QED) is 0.924. The molecular weight excluding hydrogens is 252 g/mol. The molecule has 0 unspecified atom stereocenters. The van der Waals surface area contributed by atoms with Crippen LogP contribution in [-0.4, -0.2) is 9.97 Å². The van der Waals surface area contributed by atoms with E-state index >= 15 is 0 Å². The van der Waals surface area contributed by atoms with E-state index in [1.165, 1.54) is 0 Å². The molecule has 1 aromatic heterocycles. The summed E-state index contributed by atoms with van der Waals surface area (Å²) in [6.07, 6.45) is 0. The minimum Gasteiger partial charge on any atom is -0.439 e. The lowest BCUT2D eigenvalue weighted by molar-refractivity contribution is 0.453. The minimum absolute atomic E-state index is 0.168. The number of hydrogen-bond donors (Lipinski definition) is 1. The molecule has 0 bridgehead atoms. The molecule has 20 heavy (non-hydrogen) atoms. The van der Waals surface area contributed by atoms with E-state index in [0.717, 1.165) is 0 Å². The van der Waals surface area contributed by atoms with Gasteiger partial charge >= 0.3 is 0 Å². The molecule has 1 aromatic carbocycles. The topological polar surface area (TPSA) is 84.8 Å². The lowest BCUT2D eigenvalue weighted by Gasteiger charge is -2.12. The van der Waals surface area contributed by atoms with Crippen LogP contribution in [0.2, 0.25) is 0 Å². The van der Waals surface area contributed by atoms with Crippen LogP contribution in [0.15, 0.2) is 24.3 Å². The molecule has 0 atom stereocenters. The van der Waals surface area contributed by atoms with E-state index in [0.29, 0.717) is 34.4 Å². The number of aromatic nitrogens is 2. The SMILES string of the molecule is Cc1c(N)nc(C(C)C)nc1Oc1ccc(C#N)cc1. The fourth-order valence-corrected chi connectivity index (χ4v) is 1.60. The number of nitrogen functional groups attached to an aromatic ring is 1. The third-order valence-electron chi connectivity index (χ3n) is 2.87. The highest BCUT2D eigenvalue weighted by Gasteiger charge is 2.13. The maximum absolute atomic E-state index is 8.77. The zero-order valence-electron chi connectivity index (χ0n) is 11.7. The number of ether oxygens (including phenoxy) is 1. The van der Waals surface area contributed by atoms with Crippen LogP contribution in [0.5, 0.6) is 11.6 Å². The Morgan fingerprint density at radius 1 is 1.20 bits per heavy atom. The normalized spacial score (nSPS) is 10.3. The van der Waals surface area contributed by atoms with Crippen LogP contribution in [0.3, 0.4) is 0 Å². The number of anilines is 1. The van der Waals surface area contributed by atoms with Gasteiger partial charge in [0.05, 0.1) is 17.2 Å². The van der Waals surface area contributed by atoms with E-state index in [1.54, 1.807) is 24.3 Å². The average molecular weight is 268 g/mol. The third kappa shape index (κ3) is 2.86. The molecule has 5 heteroatoms. The van der Waals surface area contributed by atoms with Gasteiger partial charge in [0.25, 0.3) is 0 Å². The lowest BCUT2D eigenvalue weighted by Crippen LogP contribution is -2.06. The summed E-state index contributed by atoms with van der Waals surface area (Å²) in [6, 6.07) is 8.90. The highest BCUT2D eigenvalue weighted by Crippen LogP contribution is 2.27. The Bertz CT molecular complexity index is 657. The number of benzene rings is 1. The Balaban J connectivity index is 2.34. The van der Waals surface area contributed by atoms with E-state index in [9.17, 15) is 0 Å². The fourth-order valence-electron chi connectivity index (χ4n) is 1.60. The van der Waals surface area contributed by atoms with Gasteiger partial charge in [0, 0.05) is 5.92 Å². The zero-order valence-corrected chi connectivity index (χ0v) is 11.7. The lowest BCUT2D eigenvalue weighted by atomic mass is 10.2. The first-order valence-electron chi connectivity index (χ1n) is 6.33. The highest BCUT2D eigenvalue weighted by atomic mass is 16.5. The Kier molecular flexibility index (Phi) is 3.85. The van der Waals surface area contributed by atoms with Gasteiger partial charge in [-0.25, -0.2) is 4.98 Å². The van der Waals surface area contributed by atoms with Crippen LogP contribution in [0.1, 0.15) is 36.7 Å². The van der Waals surface area contributed by atoms with Crippen LogP contribution in [0.4, 0.5) is 5.82 Å². The zero-order chi connectivity index (χ0) is 14.7. The monoisotopic (exact) mass is 268 g/mol. The highest BCUT2D eigenvalue weighted by molar-refractivity contribution is 5.46. The van der Waals surface area contributed by atoms with Crippen LogP contribution in [0.25, 0.3) is 0 Å². The van der Waals surface area contributed by atoms with Gasteiger partial charge in [-0.05, 0) is 31.2 Å². The van der Waals surface area contributed by atoms with Crippen molar-refractivity contribution in [2.75, 3.05) is 5.73 Å². The van der Waals surface area contributed by atoms with Crippen molar-refractivity contribution >= 4 is 5.82 Å². The number of rotatable bonds is 3. The Morgan fingerprint density at radius 3 is 2.40 bits per heavy atom. The summed E-state index contributed by atoms with van der Waals surface area (Å²) in [5.41, 5.74) is 7.17. The van der Waals surface area contributed by atoms with Crippen LogP contribution < -0.4 is 10.5 Å². The molecule has 1 heterocycles. The van der Waals surface area contributed by atoms with Gasteiger partial charge in [-0.15, -0.1) is 0 Å². The second-order valence-electron chi connectivity index (χ2n) is 4.79. The summed E-state index contributed by atoms with van der Waals surface area (Å²) >= 11 is 0. The van der Waals surface area contributed by atoms with Crippen molar-refractivity contribution < 1.29 is 4.74 Å². The molecule has 102 valence electrons. The van der Waals surface area contributed by atoms with Crippen molar-refractivity contribution in [3.63, 3.8) is 0 Å². The Labute approximate surface area is 118 Å². The second kappa shape index (κ2) is 5.57. The van der Waals surface area contributed by atoms with Gasteiger partial charge in [0.2, 0.25) is 5.88 Å². The van der Waals surface area contributed by atoms with E-state index in [4.69, 9.17) is 15.7 Å². The molecule has 2 rings (SSSR count). The minimum atomic E-state index is 0.168. The molecule has 0 amide bonds. The Hall–Kier alpha value is -2.61. The van der Waals surface area contributed by atoms with Gasteiger partial charge in [0.1, 0.15) is 17.4 Å². The first kappa shape index (κ1) is 13.8. The van der Waals surface area contributed by atoms with Crippen molar-refractivity contribution in [2.45, 2.75) is 26.7 Å². The number of nitriles is 1. The molecule has 2 N–H and O–H groups in total. The van der Waals surface area contributed by atoms with E-state index in [-0.39, 0.29) is 5.92 Å². The van der Waals surface area contributed by atoms with Crippen molar-refractivity contribution in [1.29, 1.82) is 5.26 Å². The third-order valence-corrected chi connectivity index (χ3v) is 2.87. The van der Waals surface area contributed by atoms with Crippen molar-refractivity contribution in [2.24, 2.45) is 0 Å². The molecule has 2 aromatic rings. The second-order valence-corrected chi connectivity index (χ2v) is 4.79. The summed E-state index contributed by atoms with van der Waals surface area (Å²) < 4.78 is 5.74. The van der Waals surface area contributed by atoms with Crippen molar-refractivity contribution in [3.05, 3.63) is 41.2 Å². The summed E-state index contributed by atoms with van der Waals surface area (Å²) in [4.78, 5) is 8.64. The first-order chi connectivity index (χ1) is 9.51. The summed E-state index contributed by atoms with van der Waals surface area (Å²) in [6.45, 7) is 5.81. The molecule has 0 spiro atoms. The molecule has 0 aliphatic rings. The van der Waals surface area contributed by atoms with E-state index in [2.05, 4.69) is 16.0 Å². The predicted molar refractivity (Wildman–Crippen MR) is 76.5 cm³/mol. The Morgan fingerprint density at radius 2 is 1.85 bits per heavy atom. The number of nitrogens with two attached hydrogens (primary N) is 1. The largest absolute Gasteiger partial charge is 0.439 e. The molecule has 0 fully saturated rings. The first-order valence-corrected chi connectivity index (χ1v) is 6.33. The van der Waals surface area contributed by atoms with E-state index < -0.39 is 0 Å². The van der Waals surface area contributed by atoms with Gasteiger partial charge in [0.15, 0.2) is 0 Å². The fraction of sp³-hybridized carbons (Fsp3) is 0.267. The molecule has 0 aliphatic heterocycles. The molecule has 0 saturated carbocycles. The predicted octanol–water partition coefficient (Wildman–Crippen LogP) is 3.15. The molecule has 0 saturated heterocycles. The average Bonchev–Trinajstić information content (AvgIpc) is 2.44. The summed E-state index contributed by atoms with van der Waals surface area (Å²) in [5, 5.41) is 8.77. The standard InChI is InChI=1S/C15H16N4O/c1-9(2)14-18-13(17)10(3)15(19-14)20-12-6-4-11(8-16)5-7-12/h4-7,9H,1-3H3,(H2,17,18,19). The van der Waals surface area contributed by atoms with Gasteiger partial charge in [-0.1, -0.05) is 13.8 Å². The maximum Gasteiger partial charge on any atom is 0.227 e. The maximum atomic E-state index is 8.77. The number of hydrogen-bond acceptors (Lipinski definition) is 5. The number of nitrogens with zero attached hydrogens (tertiary/aromatic N) is 3. The van der Waals surface area contributed by atoms with Gasteiger partial charge < -0.3 is 10.5 Å². The molecule has 0 aliphatic carbocycles. The van der Waals surface area contributed by atoms with Gasteiger partial charge in [-0.2, -0.15) is 10.2 Å². The summed E-state index contributed by atoms with van der Waals surface area (Å²) in [5.74, 6) is 2.30. The van der Waals surface area contributed by atoms with Crippen LogP contribution >= 0.6 is 0 Å². The van der Waals surface area contributed by atoms with Crippen molar-refractivity contribution in [1.82, 2.24) is 9.97 Å². The van der Waals surface area contributed by atoms with Crippen LogP contribution in [0, 0.1) is 18.3 Å². The smallest absolute Gasteiger partial charge is 0.227 e. The summed E-state index contributed by atoms with van der Waals surface area (Å²) in [7, 11) is 0. The van der Waals surface area contributed by atoms with E-state index in [1.807, 2.05) is 20.8 Å². The van der Waals surface area contributed by atoms with Crippen LogP contribution in [-0.2, 0) is 0 Å². The molecular formula is C15H16N4O. The van der Waals surface area contributed by atoms with Crippen molar-refractivity contribution in [3.8, 4) is 17.7 Å².